The first-order chi connectivity index (χ1) is 7.56. The van der Waals surface area contributed by atoms with E-state index < -0.39 is 0 Å². The van der Waals surface area contributed by atoms with Crippen LogP contribution in [0.25, 0.3) is 0 Å². The normalized spacial score (nSPS) is 20.3. The third-order valence-electron chi connectivity index (χ3n) is 3.03. The summed E-state index contributed by atoms with van der Waals surface area (Å²) in [7, 11) is 3.38. The van der Waals surface area contributed by atoms with Gasteiger partial charge in [0.15, 0.2) is 0 Å². The number of rotatable bonds is 4. The highest BCUT2D eigenvalue weighted by atomic mass is 35.5. The Kier molecular flexibility index (Phi) is 7.15. The molecule has 0 aromatic rings. The number of hydrogen-bond acceptors (Lipinski definition) is 3. The van der Waals surface area contributed by atoms with Gasteiger partial charge in [-0.05, 0) is 13.0 Å². The Balaban J connectivity index is 0.00000256. The number of halogens is 1. The molecule has 17 heavy (non-hydrogen) atoms. The minimum atomic E-state index is -0.159. The average molecular weight is 264 g/mol. The zero-order chi connectivity index (χ0) is 12.1. The predicted molar refractivity (Wildman–Crippen MR) is 69.1 cm³/mol. The lowest BCUT2D eigenvalue weighted by Crippen LogP contribution is -2.40. The van der Waals surface area contributed by atoms with Crippen LogP contribution >= 0.6 is 12.4 Å². The van der Waals surface area contributed by atoms with Crippen LogP contribution in [-0.2, 0) is 9.59 Å². The molecule has 2 atom stereocenters. The minimum absolute atomic E-state index is 0. The predicted octanol–water partition coefficient (Wildman–Crippen LogP) is -0.142. The molecule has 1 aliphatic rings. The summed E-state index contributed by atoms with van der Waals surface area (Å²) in [5.41, 5.74) is 0. The van der Waals surface area contributed by atoms with Gasteiger partial charge in [0.2, 0.25) is 11.8 Å². The first kappa shape index (κ1) is 16.2. The van der Waals surface area contributed by atoms with Crippen LogP contribution < -0.4 is 10.6 Å². The number of hydrogen-bond donors (Lipinski definition) is 2. The second-order valence-electron chi connectivity index (χ2n) is 4.42. The van der Waals surface area contributed by atoms with E-state index in [0.717, 1.165) is 19.5 Å². The first-order valence-corrected chi connectivity index (χ1v) is 5.73. The monoisotopic (exact) mass is 263 g/mol. The van der Waals surface area contributed by atoms with Gasteiger partial charge < -0.3 is 15.5 Å². The fourth-order valence-corrected chi connectivity index (χ4v) is 2.01. The van der Waals surface area contributed by atoms with Gasteiger partial charge in [-0.25, -0.2) is 0 Å². The second-order valence-corrected chi connectivity index (χ2v) is 4.42. The molecule has 1 saturated heterocycles. The van der Waals surface area contributed by atoms with Crippen LogP contribution in [-0.4, -0.2) is 50.4 Å². The Morgan fingerprint density at radius 3 is 2.65 bits per heavy atom. The Morgan fingerprint density at radius 1 is 1.53 bits per heavy atom. The van der Waals surface area contributed by atoms with E-state index in [-0.39, 0.29) is 36.1 Å². The summed E-state index contributed by atoms with van der Waals surface area (Å²) in [6.45, 7) is 3.98. The van der Waals surface area contributed by atoms with E-state index in [2.05, 4.69) is 10.6 Å². The van der Waals surface area contributed by atoms with Crippen molar-refractivity contribution in [2.75, 3.05) is 33.7 Å². The van der Waals surface area contributed by atoms with E-state index in [1.54, 1.807) is 19.0 Å². The lowest BCUT2D eigenvalue weighted by Gasteiger charge is -2.23. The Hall–Kier alpha value is -0.810. The maximum Gasteiger partial charge on any atom is 0.226 e. The first-order valence-electron chi connectivity index (χ1n) is 5.73. The molecule has 100 valence electrons. The van der Waals surface area contributed by atoms with Gasteiger partial charge in [0.05, 0.1) is 11.8 Å². The van der Waals surface area contributed by atoms with E-state index in [0.29, 0.717) is 6.54 Å². The van der Waals surface area contributed by atoms with Crippen molar-refractivity contribution in [3.05, 3.63) is 0 Å². The van der Waals surface area contributed by atoms with Gasteiger partial charge in [-0.1, -0.05) is 6.92 Å². The number of carbonyl (C=O) groups excluding carboxylic acids is 2. The van der Waals surface area contributed by atoms with E-state index in [1.807, 2.05) is 6.92 Å². The van der Waals surface area contributed by atoms with Crippen LogP contribution in [0.4, 0.5) is 0 Å². The third kappa shape index (κ3) is 4.52. The smallest absolute Gasteiger partial charge is 0.226 e. The van der Waals surface area contributed by atoms with E-state index in [9.17, 15) is 9.59 Å². The van der Waals surface area contributed by atoms with Gasteiger partial charge in [0.25, 0.3) is 0 Å². The molecular formula is C11H22ClN3O2. The molecule has 1 heterocycles. The highest BCUT2D eigenvalue weighted by Crippen LogP contribution is 2.11. The zero-order valence-electron chi connectivity index (χ0n) is 10.7. The van der Waals surface area contributed by atoms with Gasteiger partial charge in [0.1, 0.15) is 0 Å². The molecule has 5 nitrogen and oxygen atoms in total. The molecule has 0 bridgehead atoms. The molecule has 2 N–H and O–H groups in total. The van der Waals surface area contributed by atoms with Crippen molar-refractivity contribution in [3.8, 4) is 0 Å². The van der Waals surface area contributed by atoms with Crippen molar-refractivity contribution >= 4 is 24.2 Å². The molecule has 6 heteroatoms. The van der Waals surface area contributed by atoms with Gasteiger partial charge >= 0.3 is 0 Å². The van der Waals surface area contributed by atoms with Crippen LogP contribution in [0.5, 0.6) is 0 Å². The molecule has 1 rings (SSSR count). The SMILES string of the molecule is CNC(=O)C(C)CN(C)C(=O)C1CCNC1.Cl. The molecule has 0 saturated carbocycles. The van der Waals surface area contributed by atoms with Crippen LogP contribution in [0.1, 0.15) is 13.3 Å². The second kappa shape index (κ2) is 7.50. The molecule has 2 amide bonds. The Labute approximate surface area is 109 Å². The van der Waals surface area contributed by atoms with Gasteiger partial charge in [-0.2, -0.15) is 0 Å². The Bertz CT molecular complexity index is 267. The summed E-state index contributed by atoms with van der Waals surface area (Å²) in [6.07, 6.45) is 0.900. The van der Waals surface area contributed by atoms with Crippen molar-refractivity contribution < 1.29 is 9.59 Å². The number of amides is 2. The average Bonchev–Trinajstić information content (AvgIpc) is 2.79. The molecule has 0 aliphatic carbocycles. The summed E-state index contributed by atoms with van der Waals surface area (Å²) in [5.74, 6) is 0.0418. The number of nitrogens with one attached hydrogen (secondary N) is 2. The quantitative estimate of drug-likeness (QED) is 0.742. The Morgan fingerprint density at radius 2 is 2.18 bits per heavy atom. The lowest BCUT2D eigenvalue weighted by molar-refractivity contribution is -0.135. The highest BCUT2D eigenvalue weighted by molar-refractivity contribution is 5.85. The number of nitrogens with zero attached hydrogens (tertiary/aromatic N) is 1. The van der Waals surface area contributed by atoms with Crippen LogP contribution in [0, 0.1) is 11.8 Å². The van der Waals surface area contributed by atoms with Gasteiger partial charge in [-0.15, -0.1) is 12.4 Å². The fourth-order valence-electron chi connectivity index (χ4n) is 2.01. The van der Waals surface area contributed by atoms with Crippen molar-refractivity contribution in [3.63, 3.8) is 0 Å². The maximum atomic E-state index is 11.9. The van der Waals surface area contributed by atoms with Crippen molar-refractivity contribution in [1.82, 2.24) is 15.5 Å². The fraction of sp³-hybridized carbons (Fsp3) is 0.818. The molecule has 1 aliphatic heterocycles. The molecular weight excluding hydrogens is 242 g/mol. The summed E-state index contributed by atoms with van der Waals surface area (Å²) in [6, 6.07) is 0. The molecule has 0 spiro atoms. The van der Waals surface area contributed by atoms with Gasteiger partial charge in [0, 0.05) is 27.2 Å². The van der Waals surface area contributed by atoms with E-state index in [4.69, 9.17) is 0 Å². The van der Waals surface area contributed by atoms with Crippen LogP contribution in [0.2, 0.25) is 0 Å². The molecule has 0 radical (unpaired) electrons. The highest BCUT2D eigenvalue weighted by Gasteiger charge is 2.26. The van der Waals surface area contributed by atoms with E-state index in [1.165, 1.54) is 0 Å². The van der Waals surface area contributed by atoms with E-state index >= 15 is 0 Å². The third-order valence-corrected chi connectivity index (χ3v) is 3.03. The topological polar surface area (TPSA) is 61.4 Å². The largest absolute Gasteiger partial charge is 0.359 e. The van der Waals surface area contributed by atoms with Crippen molar-refractivity contribution in [1.29, 1.82) is 0 Å². The summed E-state index contributed by atoms with van der Waals surface area (Å²) in [4.78, 5) is 24.9. The zero-order valence-corrected chi connectivity index (χ0v) is 11.5. The van der Waals surface area contributed by atoms with Crippen LogP contribution in [0.15, 0.2) is 0 Å². The standard InChI is InChI=1S/C11H21N3O2.ClH/c1-8(10(15)12-2)7-14(3)11(16)9-4-5-13-6-9;/h8-9,13H,4-7H2,1-3H3,(H,12,15);1H. The summed E-state index contributed by atoms with van der Waals surface area (Å²) >= 11 is 0. The van der Waals surface area contributed by atoms with Crippen molar-refractivity contribution in [2.24, 2.45) is 11.8 Å². The molecule has 2 unspecified atom stereocenters. The minimum Gasteiger partial charge on any atom is -0.359 e. The summed E-state index contributed by atoms with van der Waals surface area (Å²) in [5, 5.41) is 5.76. The van der Waals surface area contributed by atoms with Gasteiger partial charge in [-0.3, -0.25) is 9.59 Å². The lowest BCUT2D eigenvalue weighted by atomic mass is 10.1. The van der Waals surface area contributed by atoms with Crippen LogP contribution in [0.3, 0.4) is 0 Å². The molecule has 0 aromatic carbocycles. The number of carbonyl (C=O) groups is 2. The molecule has 1 fully saturated rings. The molecule has 0 aromatic heterocycles. The van der Waals surface area contributed by atoms with Crippen molar-refractivity contribution in [2.45, 2.75) is 13.3 Å². The summed E-state index contributed by atoms with van der Waals surface area (Å²) < 4.78 is 0. The maximum absolute atomic E-state index is 11.9.